The van der Waals surface area contributed by atoms with Crippen LogP contribution in [-0.2, 0) is 21.7 Å². The lowest BCUT2D eigenvalue weighted by molar-refractivity contribution is 0.568. The first-order valence-electron chi connectivity index (χ1n) is 28.1. The Balaban J connectivity index is 1.10. The van der Waals surface area contributed by atoms with E-state index in [-0.39, 0.29) is 16.2 Å². The zero-order valence-electron chi connectivity index (χ0n) is 47.6. The van der Waals surface area contributed by atoms with Gasteiger partial charge in [0.1, 0.15) is 12.5 Å². The van der Waals surface area contributed by atoms with Gasteiger partial charge in [0, 0.05) is 33.8 Å². The quantitative estimate of drug-likeness (QED) is 0.101. The van der Waals surface area contributed by atoms with E-state index in [1.54, 1.807) is 0 Å². The number of pyridine rings is 1. The van der Waals surface area contributed by atoms with E-state index < -0.39 is 13.5 Å². The van der Waals surface area contributed by atoms with Crippen LogP contribution in [0.2, 0.25) is 0 Å². The van der Waals surface area contributed by atoms with Gasteiger partial charge in [-0.25, -0.2) is 4.98 Å². The summed E-state index contributed by atoms with van der Waals surface area (Å²) in [5.41, 5.74) is 14.1. The Bertz CT molecular complexity index is 3900. The molecule has 392 valence electrons. The summed E-state index contributed by atoms with van der Waals surface area (Å²) in [7, 11) is -3.21. The zero-order chi connectivity index (χ0) is 54.9. The molecule has 11 aromatic rings. The number of benzene rings is 9. The Labute approximate surface area is 469 Å². The lowest BCUT2D eigenvalue weighted by Gasteiger charge is -2.37. The highest BCUT2D eigenvalue weighted by Gasteiger charge is 2.44. The number of aromatic nitrogens is 2. The monoisotopic (exact) mass is 1040 g/mol. The van der Waals surface area contributed by atoms with E-state index in [4.69, 9.17) is 4.98 Å². The first-order chi connectivity index (χ1) is 37.9. The number of para-hydroxylation sites is 3. The second-order valence-electron chi connectivity index (χ2n) is 25.1. The first-order valence-corrected chi connectivity index (χ1v) is 30.1. The third-order valence-corrected chi connectivity index (χ3v) is 21.7. The molecule has 4 nitrogen and oxygen atoms in total. The molecular weight excluding hydrogens is 973 g/mol. The lowest BCUT2D eigenvalue weighted by Crippen LogP contribution is -2.74. The minimum Gasteiger partial charge on any atom is -0.321 e. The van der Waals surface area contributed by atoms with Crippen molar-refractivity contribution in [2.24, 2.45) is 0 Å². The Morgan fingerprint density at radius 2 is 0.797 bits per heavy atom. The van der Waals surface area contributed by atoms with Crippen molar-refractivity contribution < 1.29 is 0 Å². The smallest absolute Gasteiger partial charge is 0.179 e. The minimum absolute atomic E-state index is 0.0161. The average molecular weight is 1050 g/mol. The van der Waals surface area contributed by atoms with Crippen LogP contribution in [0, 0.1) is 0 Å². The third kappa shape index (κ3) is 8.99. The molecule has 12 rings (SSSR count). The molecule has 0 N–H and O–H groups in total. The van der Waals surface area contributed by atoms with Crippen LogP contribution in [0.3, 0.4) is 0 Å². The maximum atomic E-state index is 5.29. The van der Waals surface area contributed by atoms with Gasteiger partial charge in [-0.15, -0.1) is 0 Å². The molecule has 79 heavy (non-hydrogen) atoms. The van der Waals surface area contributed by atoms with E-state index in [0.717, 1.165) is 16.9 Å². The van der Waals surface area contributed by atoms with Crippen LogP contribution < -0.4 is 30.5 Å². The number of rotatable bonds is 10. The van der Waals surface area contributed by atoms with Gasteiger partial charge in [-0.2, -0.15) is 0 Å². The van der Waals surface area contributed by atoms with Crippen molar-refractivity contribution in [2.45, 2.75) is 90.9 Å². The third-order valence-electron chi connectivity index (χ3n) is 17.0. The first kappa shape index (κ1) is 51.5. The normalized spacial score (nSPS) is 13.3. The van der Waals surface area contributed by atoms with E-state index in [1.807, 2.05) is 6.20 Å². The van der Waals surface area contributed by atoms with Crippen molar-refractivity contribution in [1.82, 2.24) is 9.55 Å². The van der Waals surface area contributed by atoms with Gasteiger partial charge in [-0.05, 0) is 138 Å². The maximum Gasteiger partial charge on any atom is 0.179 e. The van der Waals surface area contributed by atoms with Crippen LogP contribution in [0.4, 0.5) is 22.7 Å². The fourth-order valence-electron chi connectivity index (χ4n) is 12.4. The highest BCUT2D eigenvalue weighted by molar-refractivity contribution is 7.20. The molecule has 1 aliphatic rings. The molecule has 0 radical (unpaired) electrons. The Morgan fingerprint density at radius 1 is 0.342 bits per heavy atom. The summed E-state index contributed by atoms with van der Waals surface area (Å²) in [6.45, 7) is 24.1. The van der Waals surface area contributed by atoms with Gasteiger partial charge >= 0.3 is 0 Å². The predicted molar refractivity (Wildman–Crippen MR) is 339 cm³/mol. The van der Waals surface area contributed by atoms with Gasteiger partial charge in [0.2, 0.25) is 0 Å². The van der Waals surface area contributed by atoms with Crippen LogP contribution in [0.1, 0.15) is 103 Å². The van der Waals surface area contributed by atoms with Crippen molar-refractivity contribution in [3.8, 4) is 5.82 Å². The molecule has 5 heteroatoms. The molecule has 3 heterocycles. The van der Waals surface area contributed by atoms with Gasteiger partial charge in [-0.3, -0.25) is 4.57 Å². The molecule has 0 saturated carbocycles. The van der Waals surface area contributed by atoms with E-state index in [2.05, 4.69) is 320 Å². The van der Waals surface area contributed by atoms with Gasteiger partial charge < -0.3 is 9.80 Å². The number of hydrogen-bond donors (Lipinski definition) is 0. The fraction of sp³-hybridized carbons (Fsp3) is 0.203. The zero-order valence-corrected chi connectivity index (χ0v) is 48.6. The van der Waals surface area contributed by atoms with Crippen LogP contribution >= 0.6 is 0 Å². The summed E-state index contributed by atoms with van der Waals surface area (Å²) in [5.74, 6) is 0.891. The second-order valence-corrected chi connectivity index (χ2v) is 28.9. The summed E-state index contributed by atoms with van der Waals surface area (Å²) < 4.78 is 2.43. The topological polar surface area (TPSA) is 24.3 Å². The Hall–Kier alpha value is -8.25. The molecule has 0 atom stereocenters. The van der Waals surface area contributed by atoms with Crippen molar-refractivity contribution in [1.29, 1.82) is 0 Å². The van der Waals surface area contributed by atoms with Gasteiger partial charge in [0.15, 0.2) is 8.07 Å². The maximum absolute atomic E-state index is 5.29. The summed E-state index contributed by atoms with van der Waals surface area (Å²) in [6, 6.07) is 89.4. The number of nitrogens with zero attached hydrogens (tertiary/aromatic N) is 4. The SMILES string of the molecule is CC(C)(C)c1cc(N2CN(c3cc(C(C)(C)C)cc([Si](c4ccccc4)(c4ccccc4)c4ccc5c6ccccc6n(-c6cc(C(C)(c7ccccc7)c7ccccc7)ccn6)c5c4)c3)c3ccccc32)cc(C(C)(C)C)c1. The van der Waals surface area contributed by atoms with E-state index >= 15 is 0 Å². The van der Waals surface area contributed by atoms with Crippen LogP contribution in [-0.4, -0.2) is 24.3 Å². The molecule has 0 saturated heterocycles. The van der Waals surface area contributed by atoms with Gasteiger partial charge in [0.05, 0.1) is 22.4 Å². The predicted octanol–water partition coefficient (Wildman–Crippen LogP) is 16.1. The van der Waals surface area contributed by atoms with Crippen LogP contribution in [0.15, 0.2) is 243 Å². The standard InChI is InChI=1S/C74H72N4Si/c1-71(2,3)55-43-56(72(4,5)6)45-58(44-55)76-51-77(68-38-26-25-37-67(68)76)59-46-57(73(7,8)9)47-63(49-59)79(60-31-19-13-20-32-60,61-33-21-14-22-34-61)62-39-40-65-64-35-23-24-36-66(64)78(69(65)50-62)70-48-54(41-42-75-70)74(10,52-27-15-11-16-28-52)53-29-17-12-18-30-53/h11-50H,51H2,1-10H3. The van der Waals surface area contributed by atoms with E-state index in [0.29, 0.717) is 6.67 Å². The minimum atomic E-state index is -3.21. The highest BCUT2D eigenvalue weighted by Crippen LogP contribution is 2.47. The molecule has 0 fully saturated rings. The highest BCUT2D eigenvalue weighted by atomic mass is 28.3. The molecule has 0 aliphatic carbocycles. The molecule has 2 aromatic heterocycles. The van der Waals surface area contributed by atoms with Crippen molar-refractivity contribution >= 4 is 73.4 Å². The van der Waals surface area contributed by atoms with Crippen LogP contribution in [0.25, 0.3) is 27.6 Å². The number of fused-ring (bicyclic) bond motifs is 4. The summed E-state index contributed by atoms with van der Waals surface area (Å²) >= 11 is 0. The Kier molecular flexibility index (Phi) is 12.8. The van der Waals surface area contributed by atoms with E-state index in [9.17, 15) is 0 Å². The van der Waals surface area contributed by atoms with Crippen molar-refractivity contribution in [3.05, 3.63) is 276 Å². The summed E-state index contributed by atoms with van der Waals surface area (Å²) in [6.07, 6.45) is 2.01. The Morgan fingerprint density at radius 3 is 1.33 bits per heavy atom. The second kappa shape index (κ2) is 19.6. The largest absolute Gasteiger partial charge is 0.321 e. The van der Waals surface area contributed by atoms with E-state index in [1.165, 1.54) is 87.6 Å². The molecule has 0 bridgehead atoms. The number of hydrogen-bond acceptors (Lipinski definition) is 3. The van der Waals surface area contributed by atoms with Crippen LogP contribution in [0.5, 0.6) is 0 Å². The molecule has 1 aliphatic heterocycles. The molecular formula is C74H72N4Si. The lowest BCUT2D eigenvalue weighted by atomic mass is 9.71. The van der Waals surface area contributed by atoms with Gasteiger partial charge in [-0.1, -0.05) is 238 Å². The molecule has 0 spiro atoms. The summed E-state index contributed by atoms with van der Waals surface area (Å²) in [5, 5.41) is 7.72. The molecule has 9 aromatic carbocycles. The van der Waals surface area contributed by atoms with Gasteiger partial charge in [0.25, 0.3) is 0 Å². The molecule has 0 amide bonds. The average Bonchev–Trinajstić information content (AvgIpc) is 3.99. The summed E-state index contributed by atoms with van der Waals surface area (Å²) in [4.78, 5) is 10.4. The number of anilines is 4. The molecule has 0 unspecified atom stereocenters. The van der Waals surface area contributed by atoms with Crippen molar-refractivity contribution in [3.63, 3.8) is 0 Å². The fourth-order valence-corrected chi connectivity index (χ4v) is 17.2. The van der Waals surface area contributed by atoms with Crippen molar-refractivity contribution in [2.75, 3.05) is 16.5 Å².